The molecule has 1 aromatic heterocycles. The van der Waals surface area contributed by atoms with Crippen LogP contribution >= 0.6 is 0 Å². The molecule has 1 aliphatic heterocycles. The zero-order chi connectivity index (χ0) is 20.9. The van der Waals surface area contributed by atoms with Crippen molar-refractivity contribution in [2.75, 3.05) is 31.1 Å². The maximum atomic E-state index is 13.3. The summed E-state index contributed by atoms with van der Waals surface area (Å²) in [6, 6.07) is 14.3. The lowest BCUT2D eigenvalue weighted by molar-refractivity contribution is -0.134. The minimum absolute atomic E-state index is 0.136. The molecule has 1 fully saturated rings. The van der Waals surface area contributed by atoms with Gasteiger partial charge >= 0.3 is 6.09 Å². The number of aromatic nitrogens is 1. The predicted octanol–water partition coefficient (Wildman–Crippen LogP) is 3.00. The van der Waals surface area contributed by atoms with Crippen molar-refractivity contribution >= 4 is 17.8 Å². The molecule has 2 aromatic rings. The Balaban J connectivity index is 1.69. The van der Waals surface area contributed by atoms with Gasteiger partial charge in [0.1, 0.15) is 17.5 Å². The van der Waals surface area contributed by atoms with Crippen molar-refractivity contribution in [3.8, 4) is 0 Å². The van der Waals surface area contributed by atoms with Crippen molar-refractivity contribution in [1.82, 2.24) is 15.2 Å². The van der Waals surface area contributed by atoms with Gasteiger partial charge in [0.05, 0.1) is 0 Å². The Bertz CT molecular complexity index is 813. The van der Waals surface area contributed by atoms with E-state index in [-0.39, 0.29) is 5.91 Å². The summed E-state index contributed by atoms with van der Waals surface area (Å²) < 4.78 is 5.36. The molecule has 0 bridgehead atoms. The Labute approximate surface area is 171 Å². The molecular formula is C22H28N4O3. The van der Waals surface area contributed by atoms with Gasteiger partial charge in [-0.3, -0.25) is 4.79 Å². The van der Waals surface area contributed by atoms with Gasteiger partial charge in [0.2, 0.25) is 5.91 Å². The van der Waals surface area contributed by atoms with Gasteiger partial charge in [-0.15, -0.1) is 0 Å². The lowest BCUT2D eigenvalue weighted by atomic mass is 10.1. The molecule has 0 radical (unpaired) electrons. The average Bonchev–Trinajstić information content (AvgIpc) is 2.72. The molecule has 0 aliphatic carbocycles. The first-order valence-corrected chi connectivity index (χ1v) is 9.83. The number of amides is 2. The quantitative estimate of drug-likeness (QED) is 0.860. The van der Waals surface area contributed by atoms with Crippen molar-refractivity contribution in [1.29, 1.82) is 0 Å². The third-order valence-electron chi connectivity index (χ3n) is 4.61. The summed E-state index contributed by atoms with van der Waals surface area (Å²) in [6.07, 6.45) is 1.16. The van der Waals surface area contributed by atoms with E-state index in [1.54, 1.807) is 31.9 Å². The topological polar surface area (TPSA) is 74.8 Å². The van der Waals surface area contributed by atoms with Crippen LogP contribution in [0.3, 0.4) is 0 Å². The van der Waals surface area contributed by atoms with Crippen LogP contribution in [0.1, 0.15) is 32.4 Å². The van der Waals surface area contributed by atoms with E-state index in [2.05, 4.69) is 15.2 Å². The highest BCUT2D eigenvalue weighted by atomic mass is 16.6. The van der Waals surface area contributed by atoms with E-state index >= 15 is 0 Å². The fourth-order valence-corrected chi connectivity index (χ4v) is 3.24. The highest BCUT2D eigenvalue weighted by molar-refractivity contribution is 5.87. The summed E-state index contributed by atoms with van der Waals surface area (Å²) >= 11 is 0. The normalized spacial score (nSPS) is 15.6. The number of nitrogens with zero attached hydrogens (tertiary/aromatic N) is 3. The molecule has 1 N–H and O–H groups in total. The van der Waals surface area contributed by atoms with Crippen LogP contribution in [0.15, 0.2) is 54.7 Å². The number of carbonyl (C=O) groups is 2. The van der Waals surface area contributed by atoms with E-state index in [1.165, 1.54) is 0 Å². The van der Waals surface area contributed by atoms with Gasteiger partial charge in [-0.1, -0.05) is 36.4 Å². The number of piperazine rings is 1. The maximum absolute atomic E-state index is 13.3. The maximum Gasteiger partial charge on any atom is 0.408 e. The van der Waals surface area contributed by atoms with Crippen molar-refractivity contribution in [3.05, 3.63) is 60.3 Å². The van der Waals surface area contributed by atoms with E-state index in [4.69, 9.17) is 4.74 Å². The van der Waals surface area contributed by atoms with Gasteiger partial charge in [-0.05, 0) is 38.5 Å². The highest BCUT2D eigenvalue weighted by Crippen LogP contribution is 2.20. The summed E-state index contributed by atoms with van der Waals surface area (Å²) in [5.41, 5.74) is 0.0957. The second-order valence-corrected chi connectivity index (χ2v) is 7.99. The number of hydrogen-bond acceptors (Lipinski definition) is 5. The van der Waals surface area contributed by atoms with Gasteiger partial charge in [0.25, 0.3) is 0 Å². The molecule has 1 unspecified atom stereocenters. The molecule has 1 aromatic carbocycles. The fraction of sp³-hybridized carbons (Fsp3) is 0.409. The van der Waals surface area contributed by atoms with Crippen molar-refractivity contribution in [2.24, 2.45) is 0 Å². The van der Waals surface area contributed by atoms with E-state index in [1.807, 2.05) is 48.5 Å². The molecule has 0 saturated carbocycles. The number of nitrogens with one attached hydrogen (secondary N) is 1. The van der Waals surface area contributed by atoms with Crippen LogP contribution in [-0.2, 0) is 9.53 Å². The summed E-state index contributed by atoms with van der Waals surface area (Å²) in [4.78, 5) is 33.9. The third-order valence-corrected chi connectivity index (χ3v) is 4.61. The van der Waals surface area contributed by atoms with Gasteiger partial charge in [0.15, 0.2) is 0 Å². The minimum Gasteiger partial charge on any atom is -0.444 e. The second-order valence-electron chi connectivity index (χ2n) is 7.99. The Morgan fingerprint density at radius 2 is 1.66 bits per heavy atom. The SMILES string of the molecule is CC(C)(C)OC(=O)NC(C(=O)N1CCN(c2ccccn2)CC1)c1ccccc1. The van der Waals surface area contributed by atoms with Gasteiger partial charge < -0.3 is 19.9 Å². The molecule has 1 saturated heterocycles. The van der Waals surface area contributed by atoms with Crippen LogP contribution in [-0.4, -0.2) is 53.7 Å². The summed E-state index contributed by atoms with van der Waals surface area (Å²) in [5.74, 6) is 0.772. The number of pyridine rings is 1. The number of ether oxygens (including phenoxy) is 1. The van der Waals surface area contributed by atoms with E-state index in [0.29, 0.717) is 26.2 Å². The van der Waals surface area contributed by atoms with Crippen LogP contribution in [0.25, 0.3) is 0 Å². The van der Waals surface area contributed by atoms with Crippen LogP contribution in [0.4, 0.5) is 10.6 Å². The van der Waals surface area contributed by atoms with E-state index in [9.17, 15) is 9.59 Å². The Hall–Kier alpha value is -3.09. The number of rotatable bonds is 4. The second kappa shape index (κ2) is 8.94. The van der Waals surface area contributed by atoms with Crippen LogP contribution in [0.2, 0.25) is 0 Å². The molecule has 0 spiro atoms. The van der Waals surface area contributed by atoms with Crippen LogP contribution in [0.5, 0.6) is 0 Å². The molecule has 29 heavy (non-hydrogen) atoms. The average molecular weight is 396 g/mol. The standard InChI is InChI=1S/C22H28N4O3/c1-22(2,3)29-21(28)24-19(17-9-5-4-6-10-17)20(27)26-15-13-25(14-16-26)18-11-7-8-12-23-18/h4-12,19H,13-16H2,1-3H3,(H,24,28). The number of benzene rings is 1. The molecule has 2 amide bonds. The Morgan fingerprint density at radius 1 is 1.00 bits per heavy atom. The smallest absolute Gasteiger partial charge is 0.408 e. The monoisotopic (exact) mass is 396 g/mol. The minimum atomic E-state index is -0.785. The summed E-state index contributed by atoms with van der Waals surface area (Å²) in [7, 11) is 0. The highest BCUT2D eigenvalue weighted by Gasteiger charge is 2.31. The van der Waals surface area contributed by atoms with Gasteiger partial charge in [-0.2, -0.15) is 0 Å². The zero-order valence-corrected chi connectivity index (χ0v) is 17.2. The largest absolute Gasteiger partial charge is 0.444 e. The lowest BCUT2D eigenvalue weighted by Crippen LogP contribution is -2.52. The van der Waals surface area contributed by atoms with Crippen LogP contribution in [0, 0.1) is 0 Å². The summed E-state index contributed by atoms with van der Waals surface area (Å²) in [5, 5.41) is 2.75. The van der Waals surface area contributed by atoms with Gasteiger partial charge in [-0.25, -0.2) is 9.78 Å². The molecule has 1 aliphatic rings. The molecular weight excluding hydrogens is 368 g/mol. The van der Waals surface area contributed by atoms with Crippen molar-refractivity contribution in [3.63, 3.8) is 0 Å². The Kier molecular flexibility index (Phi) is 6.36. The fourth-order valence-electron chi connectivity index (χ4n) is 3.24. The molecule has 2 heterocycles. The third kappa shape index (κ3) is 5.70. The molecule has 7 heteroatoms. The molecule has 3 rings (SSSR count). The molecule has 7 nitrogen and oxygen atoms in total. The van der Waals surface area contributed by atoms with Crippen molar-refractivity contribution in [2.45, 2.75) is 32.4 Å². The molecule has 154 valence electrons. The van der Waals surface area contributed by atoms with Crippen molar-refractivity contribution < 1.29 is 14.3 Å². The number of carbonyl (C=O) groups excluding carboxylic acids is 2. The predicted molar refractivity (Wildman–Crippen MR) is 112 cm³/mol. The van der Waals surface area contributed by atoms with E-state index in [0.717, 1.165) is 11.4 Å². The number of anilines is 1. The first kappa shape index (κ1) is 20.6. The number of alkyl carbamates (subject to hydrolysis) is 1. The molecule has 1 atom stereocenters. The first-order valence-electron chi connectivity index (χ1n) is 9.83. The van der Waals surface area contributed by atoms with Crippen LogP contribution < -0.4 is 10.2 Å². The zero-order valence-electron chi connectivity index (χ0n) is 17.2. The first-order chi connectivity index (χ1) is 13.8. The van der Waals surface area contributed by atoms with E-state index < -0.39 is 17.7 Å². The number of hydrogen-bond donors (Lipinski definition) is 1. The van der Waals surface area contributed by atoms with Gasteiger partial charge in [0, 0.05) is 32.4 Å². The Morgan fingerprint density at radius 3 is 2.24 bits per heavy atom. The lowest BCUT2D eigenvalue weighted by Gasteiger charge is -2.37. The summed E-state index contributed by atoms with van der Waals surface area (Å²) in [6.45, 7) is 7.89.